The minimum atomic E-state index is -0.859. The van der Waals surface area contributed by atoms with E-state index in [1.807, 2.05) is 12.3 Å². The first-order valence-corrected chi connectivity index (χ1v) is 5.96. The Morgan fingerprint density at radius 1 is 1.75 bits per heavy atom. The number of nitrogens with zero attached hydrogens (tertiary/aromatic N) is 1. The Balaban J connectivity index is 2.39. The molecule has 0 aromatic carbocycles. The fourth-order valence-corrected chi connectivity index (χ4v) is 1.99. The number of hydrogen-bond donors (Lipinski definition) is 2. The Kier molecular flexibility index (Phi) is 5.21. The normalized spacial score (nSPS) is 12.4. The van der Waals surface area contributed by atoms with Gasteiger partial charge in [-0.2, -0.15) is 0 Å². The van der Waals surface area contributed by atoms with E-state index < -0.39 is 5.97 Å². The van der Waals surface area contributed by atoms with E-state index >= 15 is 0 Å². The van der Waals surface area contributed by atoms with Gasteiger partial charge in [-0.25, -0.2) is 4.98 Å². The Hall–Kier alpha value is -1.14. The summed E-state index contributed by atoms with van der Waals surface area (Å²) >= 11 is 1.52. The van der Waals surface area contributed by atoms with Gasteiger partial charge >= 0.3 is 5.97 Å². The number of ether oxygens (including phenoxy) is 1. The van der Waals surface area contributed by atoms with Crippen LogP contribution < -0.4 is 5.32 Å². The number of aryl methyl sites for hydroxylation is 1. The second kappa shape index (κ2) is 6.44. The van der Waals surface area contributed by atoms with Crippen LogP contribution in [0.2, 0.25) is 0 Å². The highest BCUT2D eigenvalue weighted by Crippen LogP contribution is 2.15. The van der Waals surface area contributed by atoms with E-state index in [-0.39, 0.29) is 12.5 Å². The average Bonchev–Trinajstić information content (AvgIpc) is 2.71. The molecule has 0 saturated heterocycles. The molecule has 6 heteroatoms. The van der Waals surface area contributed by atoms with Crippen molar-refractivity contribution in [2.24, 2.45) is 0 Å². The summed E-state index contributed by atoms with van der Waals surface area (Å²) in [7, 11) is 1.51. The summed E-state index contributed by atoms with van der Waals surface area (Å²) < 4.78 is 5.05. The third-order valence-corrected chi connectivity index (χ3v) is 2.98. The fourth-order valence-electron chi connectivity index (χ4n) is 1.19. The standard InChI is InChI=1S/C10H16N2O3S/c1-3-7-6-16-10(12-7)11-5-8(15-2)4-9(13)14/h6,8H,3-5H2,1-2H3,(H,11,12)(H,13,14). The second-order valence-electron chi connectivity index (χ2n) is 3.33. The Morgan fingerprint density at radius 3 is 3.00 bits per heavy atom. The summed E-state index contributed by atoms with van der Waals surface area (Å²) in [5.74, 6) is -0.859. The molecule has 5 nitrogen and oxygen atoms in total. The van der Waals surface area contributed by atoms with Crippen molar-refractivity contribution in [3.05, 3.63) is 11.1 Å². The van der Waals surface area contributed by atoms with Gasteiger partial charge in [-0.3, -0.25) is 4.79 Å². The summed E-state index contributed by atoms with van der Waals surface area (Å²) in [6.45, 7) is 2.50. The zero-order valence-corrected chi connectivity index (χ0v) is 10.2. The summed E-state index contributed by atoms with van der Waals surface area (Å²) in [6, 6.07) is 0. The van der Waals surface area contributed by atoms with Crippen molar-refractivity contribution < 1.29 is 14.6 Å². The maximum absolute atomic E-state index is 10.5. The number of methoxy groups -OCH3 is 1. The Labute approximate surface area is 98.5 Å². The van der Waals surface area contributed by atoms with Gasteiger partial charge in [0.2, 0.25) is 0 Å². The highest BCUT2D eigenvalue weighted by molar-refractivity contribution is 7.13. The zero-order valence-electron chi connectivity index (χ0n) is 9.40. The predicted molar refractivity (Wildman–Crippen MR) is 63.0 cm³/mol. The zero-order chi connectivity index (χ0) is 12.0. The third-order valence-electron chi connectivity index (χ3n) is 2.13. The molecule has 0 saturated carbocycles. The number of rotatable bonds is 7. The van der Waals surface area contributed by atoms with E-state index in [2.05, 4.69) is 10.3 Å². The molecule has 1 aromatic heterocycles. The molecule has 0 amide bonds. The topological polar surface area (TPSA) is 71.5 Å². The molecule has 2 N–H and O–H groups in total. The summed E-state index contributed by atoms with van der Waals surface area (Å²) in [4.78, 5) is 14.8. The average molecular weight is 244 g/mol. The first-order chi connectivity index (χ1) is 7.65. The Bertz CT molecular complexity index is 341. The molecule has 1 heterocycles. The highest BCUT2D eigenvalue weighted by Gasteiger charge is 2.12. The fraction of sp³-hybridized carbons (Fsp3) is 0.600. The van der Waals surface area contributed by atoms with Crippen LogP contribution in [-0.2, 0) is 16.0 Å². The van der Waals surface area contributed by atoms with Crippen LogP contribution in [0.15, 0.2) is 5.38 Å². The van der Waals surface area contributed by atoms with Crippen LogP contribution >= 0.6 is 11.3 Å². The third kappa shape index (κ3) is 4.16. The van der Waals surface area contributed by atoms with Crippen molar-refractivity contribution in [1.29, 1.82) is 0 Å². The molecule has 1 rings (SSSR count). The highest BCUT2D eigenvalue weighted by atomic mass is 32.1. The van der Waals surface area contributed by atoms with Gasteiger partial charge in [-0.15, -0.1) is 11.3 Å². The van der Waals surface area contributed by atoms with E-state index in [0.29, 0.717) is 6.54 Å². The van der Waals surface area contributed by atoms with Crippen molar-refractivity contribution in [2.45, 2.75) is 25.9 Å². The second-order valence-corrected chi connectivity index (χ2v) is 4.19. The van der Waals surface area contributed by atoms with Gasteiger partial charge in [0, 0.05) is 19.0 Å². The van der Waals surface area contributed by atoms with Gasteiger partial charge in [0.1, 0.15) is 0 Å². The largest absolute Gasteiger partial charge is 0.481 e. The summed E-state index contributed by atoms with van der Waals surface area (Å²) in [6.07, 6.45) is 0.572. The smallest absolute Gasteiger partial charge is 0.306 e. The van der Waals surface area contributed by atoms with Crippen LogP contribution in [0, 0.1) is 0 Å². The molecule has 0 fully saturated rings. The van der Waals surface area contributed by atoms with E-state index in [1.54, 1.807) is 0 Å². The molecule has 0 aliphatic heterocycles. The van der Waals surface area contributed by atoms with Crippen LogP contribution in [0.1, 0.15) is 19.0 Å². The number of nitrogens with one attached hydrogen (secondary N) is 1. The van der Waals surface area contributed by atoms with Crippen LogP contribution in [0.4, 0.5) is 5.13 Å². The molecule has 16 heavy (non-hydrogen) atoms. The van der Waals surface area contributed by atoms with Gasteiger partial charge in [-0.05, 0) is 6.42 Å². The lowest BCUT2D eigenvalue weighted by molar-refractivity contribution is -0.139. The number of anilines is 1. The van der Waals surface area contributed by atoms with Crippen molar-refractivity contribution in [1.82, 2.24) is 4.98 Å². The molecule has 1 aromatic rings. The van der Waals surface area contributed by atoms with Crippen LogP contribution in [0.3, 0.4) is 0 Å². The van der Waals surface area contributed by atoms with Crippen LogP contribution in [0.25, 0.3) is 0 Å². The maximum Gasteiger partial charge on any atom is 0.306 e. The lowest BCUT2D eigenvalue weighted by atomic mass is 10.2. The molecule has 0 bridgehead atoms. The number of aromatic nitrogens is 1. The number of carboxylic acids is 1. The van der Waals surface area contributed by atoms with Gasteiger partial charge in [0.15, 0.2) is 5.13 Å². The molecule has 90 valence electrons. The first kappa shape index (κ1) is 12.9. The van der Waals surface area contributed by atoms with Gasteiger partial charge in [-0.1, -0.05) is 6.92 Å². The minimum Gasteiger partial charge on any atom is -0.481 e. The predicted octanol–water partition coefficient (Wildman–Crippen LogP) is 1.61. The number of carbonyl (C=O) groups is 1. The summed E-state index contributed by atoms with van der Waals surface area (Å²) in [5.41, 5.74) is 1.04. The van der Waals surface area contributed by atoms with Crippen molar-refractivity contribution in [2.75, 3.05) is 19.0 Å². The molecule has 0 spiro atoms. The van der Waals surface area contributed by atoms with Crippen LogP contribution in [-0.4, -0.2) is 35.8 Å². The van der Waals surface area contributed by atoms with Crippen molar-refractivity contribution >= 4 is 22.4 Å². The number of thiazole rings is 1. The van der Waals surface area contributed by atoms with Crippen LogP contribution in [0.5, 0.6) is 0 Å². The molecule has 0 aliphatic rings. The molecule has 1 unspecified atom stereocenters. The molecule has 1 atom stereocenters. The lowest BCUT2D eigenvalue weighted by Crippen LogP contribution is -2.24. The van der Waals surface area contributed by atoms with E-state index in [1.165, 1.54) is 18.4 Å². The minimum absolute atomic E-state index is 0.00445. The molecule has 0 radical (unpaired) electrons. The van der Waals surface area contributed by atoms with Gasteiger partial charge in [0.25, 0.3) is 0 Å². The monoisotopic (exact) mass is 244 g/mol. The SMILES string of the molecule is CCc1csc(NCC(CC(=O)O)OC)n1. The molecular formula is C10H16N2O3S. The van der Waals surface area contributed by atoms with Crippen molar-refractivity contribution in [3.8, 4) is 0 Å². The van der Waals surface area contributed by atoms with E-state index in [9.17, 15) is 4.79 Å². The number of aliphatic carboxylic acids is 1. The first-order valence-electron chi connectivity index (χ1n) is 5.08. The summed E-state index contributed by atoms with van der Waals surface area (Å²) in [5, 5.41) is 14.5. The van der Waals surface area contributed by atoms with E-state index in [0.717, 1.165) is 17.2 Å². The quantitative estimate of drug-likeness (QED) is 0.762. The van der Waals surface area contributed by atoms with Gasteiger partial charge < -0.3 is 15.2 Å². The van der Waals surface area contributed by atoms with Crippen molar-refractivity contribution in [3.63, 3.8) is 0 Å². The van der Waals surface area contributed by atoms with E-state index in [4.69, 9.17) is 9.84 Å². The number of carboxylic acid groups (broad SMARTS) is 1. The lowest BCUT2D eigenvalue weighted by Gasteiger charge is -2.12. The molecular weight excluding hydrogens is 228 g/mol. The Morgan fingerprint density at radius 2 is 2.50 bits per heavy atom. The van der Waals surface area contributed by atoms with Gasteiger partial charge in [0.05, 0.1) is 18.2 Å². The number of hydrogen-bond acceptors (Lipinski definition) is 5. The molecule has 0 aliphatic carbocycles. The maximum atomic E-state index is 10.5.